The van der Waals surface area contributed by atoms with E-state index in [-0.39, 0.29) is 46.5 Å². The Balaban J connectivity index is 0.00000272. The Morgan fingerprint density at radius 1 is 0.450 bits per heavy atom. The van der Waals surface area contributed by atoms with Crippen molar-refractivity contribution in [3.05, 3.63) is 126 Å². The Bertz CT molecular complexity index is 2280. The van der Waals surface area contributed by atoms with Crippen LogP contribution in [0.2, 0.25) is 13.1 Å². The number of allylic oxidation sites excluding steroid dienone is 2. The van der Waals surface area contributed by atoms with Crippen LogP contribution in [-0.2, 0) is 70.6 Å². The van der Waals surface area contributed by atoms with Crippen molar-refractivity contribution >= 4 is 18.5 Å². The van der Waals surface area contributed by atoms with Crippen LogP contribution in [-0.4, -0.2) is 8.07 Å². The standard InChI is InChI=1S/C56H70Si.2ClH.Zr/c1-33-23-37-25-35-19-17-21-45(35)47(39-27-41(53(3,4)5)31-42(28-39)54(6,7)8)49(37)51(33)57(15,16)52-34(2)24-38-26-36-20-18-22-46(36)48(50(38)52)40-29-43(55(9,10)11)32-44(30-40)56(12,13)14;;;/h23-32H,17-22H2,1-16H3;2*1H;/q;;;+2/p-2. The van der Waals surface area contributed by atoms with Crippen LogP contribution in [0.15, 0.2) is 59.7 Å². The molecule has 0 saturated heterocycles. The summed E-state index contributed by atoms with van der Waals surface area (Å²) in [6, 6.07) is 21.1. The van der Waals surface area contributed by atoms with Gasteiger partial charge in [0.15, 0.2) is 0 Å². The van der Waals surface area contributed by atoms with Crippen LogP contribution in [0.3, 0.4) is 0 Å². The van der Waals surface area contributed by atoms with E-state index in [1.54, 1.807) is 66.8 Å². The molecular weight excluding hydrogens is 863 g/mol. The second kappa shape index (κ2) is 15.1. The molecule has 0 amide bonds. The number of hydrogen-bond donors (Lipinski definition) is 0. The quantitative estimate of drug-likeness (QED) is 0.176. The van der Waals surface area contributed by atoms with Gasteiger partial charge in [-0.15, -0.1) is 0 Å². The smallest absolute Gasteiger partial charge is 1.00 e. The number of aryl methyl sites for hydroxylation is 2. The van der Waals surface area contributed by atoms with Crippen molar-refractivity contribution in [3.8, 4) is 22.3 Å². The fraction of sp³-hybridized carbons (Fsp3) is 0.500. The van der Waals surface area contributed by atoms with Crippen molar-refractivity contribution in [2.24, 2.45) is 0 Å². The van der Waals surface area contributed by atoms with E-state index in [1.807, 2.05) is 10.4 Å². The summed E-state index contributed by atoms with van der Waals surface area (Å²) in [4.78, 5) is 0. The third kappa shape index (κ3) is 7.15. The van der Waals surface area contributed by atoms with Gasteiger partial charge in [-0.25, -0.2) is 0 Å². The number of benzene rings is 4. The molecule has 4 aromatic carbocycles. The molecule has 9 rings (SSSR count). The molecule has 2 unspecified atom stereocenters. The molecule has 4 aromatic rings. The zero-order chi connectivity index (χ0) is 41.8. The van der Waals surface area contributed by atoms with Crippen LogP contribution >= 0.6 is 0 Å². The van der Waals surface area contributed by atoms with Crippen molar-refractivity contribution in [2.75, 3.05) is 0 Å². The first-order valence-electron chi connectivity index (χ1n) is 22.8. The van der Waals surface area contributed by atoms with Gasteiger partial charge in [0.1, 0.15) is 0 Å². The molecule has 2 atom stereocenters. The third-order valence-electron chi connectivity index (χ3n) is 15.1. The zero-order valence-electron chi connectivity index (χ0n) is 39.8. The number of halogens is 2. The maximum absolute atomic E-state index is 2.78. The van der Waals surface area contributed by atoms with Crippen LogP contribution in [0.4, 0.5) is 0 Å². The molecule has 4 heteroatoms. The van der Waals surface area contributed by atoms with E-state index in [4.69, 9.17) is 0 Å². The molecule has 5 aliphatic rings. The Hall–Kier alpha value is -1.96. The van der Waals surface area contributed by atoms with Crippen molar-refractivity contribution < 1.29 is 48.0 Å². The average molecular weight is 933 g/mol. The van der Waals surface area contributed by atoms with Gasteiger partial charge in [-0.3, -0.25) is 0 Å². The molecule has 0 saturated carbocycles. The van der Waals surface area contributed by atoms with Crippen molar-refractivity contribution in [2.45, 2.75) is 177 Å². The molecule has 316 valence electrons. The summed E-state index contributed by atoms with van der Waals surface area (Å²) in [6.07, 6.45) is 7.48. The van der Waals surface area contributed by atoms with Crippen LogP contribution < -0.4 is 24.8 Å². The monoisotopic (exact) mass is 930 g/mol. The molecule has 0 N–H and O–H groups in total. The predicted octanol–water partition coefficient (Wildman–Crippen LogP) is 9.44. The van der Waals surface area contributed by atoms with E-state index in [2.05, 4.69) is 159 Å². The molecule has 0 radical (unpaired) electrons. The second-order valence-corrected chi connectivity index (χ2v) is 31.7. The normalized spacial score (nSPS) is 20.0. The number of hydrogen-bond acceptors (Lipinski definition) is 0. The van der Waals surface area contributed by atoms with Gasteiger partial charge in [0.05, 0.1) is 0 Å². The Morgan fingerprint density at radius 2 is 0.767 bits per heavy atom. The molecule has 0 spiro atoms. The number of fused-ring (bicyclic) bond motifs is 10. The molecule has 1 heterocycles. The second-order valence-electron chi connectivity index (χ2n) is 23.8. The van der Waals surface area contributed by atoms with E-state index in [1.165, 1.54) is 71.9 Å². The topological polar surface area (TPSA) is 0 Å². The molecule has 4 aliphatic carbocycles. The summed E-state index contributed by atoms with van der Waals surface area (Å²) in [5.41, 5.74) is 29.6. The molecule has 0 fully saturated rings. The van der Waals surface area contributed by atoms with E-state index < -0.39 is 31.3 Å². The van der Waals surface area contributed by atoms with Crippen LogP contribution in [0.5, 0.6) is 0 Å². The van der Waals surface area contributed by atoms with Crippen molar-refractivity contribution in [1.82, 2.24) is 0 Å². The fourth-order valence-electron chi connectivity index (χ4n) is 11.9. The van der Waals surface area contributed by atoms with E-state index in [9.17, 15) is 0 Å². The van der Waals surface area contributed by atoms with Gasteiger partial charge in [0, 0.05) is 0 Å². The summed E-state index contributed by atoms with van der Waals surface area (Å²) >= 11 is -1.04. The Labute approximate surface area is 389 Å². The molecular formula is C56H70Cl2SiZr. The minimum absolute atomic E-state index is 0. The van der Waals surface area contributed by atoms with Gasteiger partial charge in [-0.1, -0.05) is 0 Å². The van der Waals surface area contributed by atoms with Crippen molar-refractivity contribution in [1.29, 1.82) is 0 Å². The van der Waals surface area contributed by atoms with E-state index in [0.29, 0.717) is 7.25 Å². The minimum Gasteiger partial charge on any atom is -1.00 e. The maximum Gasteiger partial charge on any atom is -1.00 e. The first-order valence-corrected chi connectivity index (χ1v) is 28.6. The van der Waals surface area contributed by atoms with Crippen molar-refractivity contribution in [3.63, 3.8) is 0 Å². The minimum atomic E-state index is -2.29. The van der Waals surface area contributed by atoms with Crippen LogP contribution in [0.1, 0.15) is 184 Å². The molecule has 4 bridgehead atoms. The van der Waals surface area contributed by atoms with Gasteiger partial charge in [-0.2, -0.15) is 0 Å². The van der Waals surface area contributed by atoms with E-state index in [0.717, 1.165) is 0 Å². The Morgan fingerprint density at radius 3 is 1.07 bits per heavy atom. The van der Waals surface area contributed by atoms with Gasteiger partial charge in [-0.05, 0) is 0 Å². The fourth-order valence-corrected chi connectivity index (χ4v) is 21.7. The zero-order valence-corrected chi connectivity index (χ0v) is 44.7. The van der Waals surface area contributed by atoms with Crippen LogP contribution in [0.25, 0.3) is 32.6 Å². The summed E-state index contributed by atoms with van der Waals surface area (Å²) in [5.74, 6) is 0. The molecule has 60 heavy (non-hydrogen) atoms. The first kappa shape index (κ1) is 46.0. The molecule has 0 aromatic heterocycles. The summed E-state index contributed by atoms with van der Waals surface area (Å²) in [6.45, 7) is 39.7. The third-order valence-corrected chi connectivity index (χ3v) is 24.2. The summed E-state index contributed by atoms with van der Waals surface area (Å²) in [5, 5.41) is 3.62. The number of rotatable bonds is 2. The maximum atomic E-state index is 2.78. The average Bonchev–Trinajstić information content (AvgIpc) is 3.89. The van der Waals surface area contributed by atoms with Gasteiger partial charge in [0.25, 0.3) is 0 Å². The molecule has 1 aliphatic heterocycles. The first-order chi connectivity index (χ1) is 26.9. The SMILES string of the molecule is CC1=C2c3c(cc4c(c3-c3cc(C(C)(C)C)cc(C(C)(C)C)c3)CCC4)[CH]1[Zr+2][CH]1C(C)=C(c3c1cc1c(c3-c3cc(C(C)(C)C)cc(C(C)(C)C)c3)CCC1)[Si]2(C)C.[Cl-].[Cl-]. The summed E-state index contributed by atoms with van der Waals surface area (Å²) < 4.78 is 1.28. The predicted molar refractivity (Wildman–Crippen MR) is 251 cm³/mol. The van der Waals surface area contributed by atoms with Gasteiger partial charge in [0.2, 0.25) is 0 Å². The Kier molecular flexibility index (Phi) is 11.6. The van der Waals surface area contributed by atoms with Gasteiger partial charge >= 0.3 is 368 Å². The molecule has 0 nitrogen and oxygen atoms in total. The summed E-state index contributed by atoms with van der Waals surface area (Å²) in [7, 11) is -2.29. The van der Waals surface area contributed by atoms with E-state index >= 15 is 0 Å². The largest absolute Gasteiger partial charge is 1.00 e. The van der Waals surface area contributed by atoms with Gasteiger partial charge < -0.3 is 24.8 Å². The van der Waals surface area contributed by atoms with Crippen LogP contribution in [0, 0.1) is 0 Å².